The Morgan fingerprint density at radius 1 is 0.645 bits per heavy atom. The normalized spacial score (nSPS) is 20.1. The molecular formula is C42H56F6N10O4. The number of amides is 2. The third-order valence-electron chi connectivity index (χ3n) is 11.1. The lowest BCUT2D eigenvalue weighted by Crippen LogP contribution is -2.48. The predicted octanol–water partition coefficient (Wildman–Crippen LogP) is 5.52. The zero-order valence-electron chi connectivity index (χ0n) is 36.6. The summed E-state index contributed by atoms with van der Waals surface area (Å²) in [6, 6.07) is 3.94. The fourth-order valence-corrected chi connectivity index (χ4v) is 7.69. The van der Waals surface area contributed by atoms with Gasteiger partial charge in [-0.15, -0.1) is 0 Å². The van der Waals surface area contributed by atoms with Gasteiger partial charge in [0.05, 0.1) is 22.2 Å². The van der Waals surface area contributed by atoms with Gasteiger partial charge in [0, 0.05) is 89.0 Å². The van der Waals surface area contributed by atoms with E-state index >= 15 is 0 Å². The molecule has 0 saturated carbocycles. The van der Waals surface area contributed by atoms with Gasteiger partial charge in [-0.1, -0.05) is 0 Å². The Balaban J connectivity index is 0.000000234. The first-order valence-corrected chi connectivity index (χ1v) is 20.1. The van der Waals surface area contributed by atoms with Gasteiger partial charge in [-0.05, 0) is 91.0 Å². The van der Waals surface area contributed by atoms with Crippen molar-refractivity contribution < 1.29 is 45.4 Å². The minimum absolute atomic E-state index is 0.0759. The highest BCUT2D eigenvalue weighted by molar-refractivity contribution is 5.83. The van der Waals surface area contributed by atoms with Gasteiger partial charge in [-0.3, -0.25) is 19.0 Å². The maximum atomic E-state index is 13.2. The van der Waals surface area contributed by atoms with E-state index in [2.05, 4.69) is 40.6 Å². The highest BCUT2D eigenvalue weighted by Gasteiger charge is 2.42. The minimum Gasteiger partial charge on any atom is -0.476 e. The molecule has 340 valence electrons. The van der Waals surface area contributed by atoms with Crippen LogP contribution < -0.4 is 20.1 Å². The van der Waals surface area contributed by atoms with Crippen molar-refractivity contribution in [2.75, 3.05) is 53.5 Å². The summed E-state index contributed by atoms with van der Waals surface area (Å²) < 4.78 is 93.2. The lowest BCUT2D eigenvalue weighted by Gasteiger charge is -2.28. The molecule has 4 aromatic rings. The summed E-state index contributed by atoms with van der Waals surface area (Å²) in [5.74, 6) is -1.48. The van der Waals surface area contributed by atoms with Crippen LogP contribution in [-0.2, 0) is 36.0 Å². The molecule has 6 heterocycles. The number of likely N-dealkylation sites (tertiary alicyclic amines) is 2. The van der Waals surface area contributed by atoms with Crippen molar-refractivity contribution in [1.29, 1.82) is 0 Å². The molecule has 4 atom stereocenters. The van der Waals surface area contributed by atoms with Gasteiger partial charge in [-0.25, -0.2) is 9.97 Å². The van der Waals surface area contributed by atoms with Gasteiger partial charge in [0.2, 0.25) is 23.6 Å². The van der Waals surface area contributed by atoms with Crippen LogP contribution in [0.5, 0.6) is 11.8 Å². The van der Waals surface area contributed by atoms with Crippen LogP contribution in [0.1, 0.15) is 73.2 Å². The highest BCUT2D eigenvalue weighted by atomic mass is 19.4. The Morgan fingerprint density at radius 3 is 1.31 bits per heavy atom. The second-order valence-corrected chi connectivity index (χ2v) is 17.6. The molecule has 0 spiro atoms. The molecule has 0 aliphatic carbocycles. The SMILES string of the molecule is Cc1nn(C)cc1[C@@H]1CN(C)C[C@H]1NC(=O)C(C)(C)COc1ncccc1C(F)(F)F.Cc1nn(C)cc1[C@H]1CN(C)C[C@@H]1NC(=O)C(C)(C)COc1ncccc1C(F)(F)F. The Labute approximate surface area is 357 Å². The van der Waals surface area contributed by atoms with Gasteiger partial charge in [0.1, 0.15) is 24.3 Å². The molecule has 2 amide bonds. The standard InChI is InChI=1S/2C21H28F3N5O2/c2*1-13-14(10-29(5)27-13)15-9-28(4)11-17(15)26-19(30)20(2,3)12-31-18-16(21(22,23)24)7-6-8-25-18/h2*6-8,10,15,17H,9,11-12H2,1-5H3,(H,26,30)/t2*15-,17+/m10/s1. The van der Waals surface area contributed by atoms with E-state index < -0.39 is 46.1 Å². The number of pyridine rings is 2. The molecule has 0 unspecified atom stereocenters. The topological polar surface area (TPSA) is 145 Å². The van der Waals surface area contributed by atoms with Crippen LogP contribution in [0, 0.1) is 24.7 Å². The monoisotopic (exact) mass is 878 g/mol. The zero-order chi connectivity index (χ0) is 45.9. The fourth-order valence-electron chi connectivity index (χ4n) is 7.69. The number of likely N-dealkylation sites (N-methyl/N-ethyl adjacent to an activating group) is 2. The summed E-state index contributed by atoms with van der Waals surface area (Å²) in [5.41, 5.74) is -0.0546. The van der Waals surface area contributed by atoms with E-state index in [4.69, 9.17) is 9.47 Å². The molecule has 2 aliphatic heterocycles. The van der Waals surface area contributed by atoms with Gasteiger partial charge in [-0.2, -0.15) is 36.5 Å². The molecule has 14 nitrogen and oxygen atoms in total. The van der Waals surface area contributed by atoms with Crippen molar-refractivity contribution >= 4 is 11.8 Å². The lowest BCUT2D eigenvalue weighted by atomic mass is 9.90. The number of aromatic nitrogens is 6. The number of rotatable bonds is 12. The second kappa shape index (κ2) is 18.6. The van der Waals surface area contributed by atoms with E-state index in [1.807, 2.05) is 54.4 Å². The number of hydrogen-bond acceptors (Lipinski definition) is 10. The number of carbonyl (C=O) groups excluding carboxylic acids is 2. The molecule has 0 radical (unpaired) electrons. The van der Waals surface area contributed by atoms with Crippen LogP contribution in [0.2, 0.25) is 0 Å². The first-order valence-electron chi connectivity index (χ1n) is 20.1. The van der Waals surface area contributed by atoms with Crippen LogP contribution in [-0.4, -0.2) is 117 Å². The van der Waals surface area contributed by atoms with E-state index in [9.17, 15) is 35.9 Å². The van der Waals surface area contributed by atoms with E-state index in [0.717, 1.165) is 47.7 Å². The molecule has 0 aromatic carbocycles. The van der Waals surface area contributed by atoms with Crippen LogP contribution in [0.4, 0.5) is 26.3 Å². The van der Waals surface area contributed by atoms with Crippen molar-refractivity contribution in [2.45, 2.75) is 77.8 Å². The van der Waals surface area contributed by atoms with Gasteiger partial charge < -0.3 is 29.9 Å². The fraction of sp³-hybridized carbons (Fsp3) is 0.571. The Morgan fingerprint density at radius 2 is 1.00 bits per heavy atom. The molecule has 4 aromatic heterocycles. The van der Waals surface area contributed by atoms with Crippen molar-refractivity contribution in [2.24, 2.45) is 24.9 Å². The molecule has 0 bridgehead atoms. The number of carbonyl (C=O) groups is 2. The van der Waals surface area contributed by atoms with Crippen LogP contribution in [0.3, 0.4) is 0 Å². The summed E-state index contributed by atoms with van der Waals surface area (Å²) in [7, 11) is 7.68. The van der Waals surface area contributed by atoms with Crippen LogP contribution >= 0.6 is 0 Å². The van der Waals surface area contributed by atoms with E-state index in [0.29, 0.717) is 13.1 Å². The Bertz CT molecular complexity index is 2030. The van der Waals surface area contributed by atoms with E-state index in [1.54, 1.807) is 37.1 Å². The number of aryl methyl sites for hydroxylation is 4. The third-order valence-corrected chi connectivity index (χ3v) is 11.1. The molecule has 2 saturated heterocycles. The number of nitrogens with zero attached hydrogens (tertiary/aromatic N) is 8. The van der Waals surface area contributed by atoms with E-state index in [1.165, 1.54) is 24.5 Å². The average molecular weight is 879 g/mol. The number of ether oxygens (including phenoxy) is 2. The quantitative estimate of drug-likeness (QED) is 0.175. The third kappa shape index (κ3) is 11.6. The van der Waals surface area contributed by atoms with Gasteiger partial charge in [0.25, 0.3) is 0 Å². The van der Waals surface area contributed by atoms with Crippen LogP contribution in [0.25, 0.3) is 0 Å². The summed E-state index contributed by atoms with van der Waals surface area (Å²) in [5, 5.41) is 15.0. The first-order chi connectivity index (χ1) is 28.8. The van der Waals surface area contributed by atoms with Crippen molar-refractivity contribution in [1.82, 2.24) is 50.0 Å². The maximum absolute atomic E-state index is 13.2. The van der Waals surface area contributed by atoms with Gasteiger partial charge >= 0.3 is 12.4 Å². The second-order valence-electron chi connectivity index (χ2n) is 17.6. The number of nitrogens with one attached hydrogen (secondary N) is 2. The van der Waals surface area contributed by atoms with E-state index in [-0.39, 0.29) is 48.9 Å². The Kier molecular flexibility index (Phi) is 14.4. The smallest absolute Gasteiger partial charge is 0.421 e. The molecule has 2 fully saturated rings. The molecule has 62 heavy (non-hydrogen) atoms. The zero-order valence-corrected chi connectivity index (χ0v) is 36.6. The summed E-state index contributed by atoms with van der Waals surface area (Å²) in [6.07, 6.45) is -2.78. The molecule has 2 aliphatic rings. The van der Waals surface area contributed by atoms with Crippen LogP contribution in [0.15, 0.2) is 49.1 Å². The molecular weight excluding hydrogens is 823 g/mol. The van der Waals surface area contributed by atoms with Crippen molar-refractivity contribution in [3.63, 3.8) is 0 Å². The largest absolute Gasteiger partial charge is 0.476 e. The number of hydrogen-bond donors (Lipinski definition) is 2. The first kappa shape index (κ1) is 47.8. The molecule has 2 N–H and O–H groups in total. The average Bonchev–Trinajstić information content (AvgIpc) is 3.92. The van der Waals surface area contributed by atoms with Gasteiger partial charge in [0.15, 0.2) is 0 Å². The van der Waals surface area contributed by atoms with Crippen molar-refractivity contribution in [3.8, 4) is 11.8 Å². The number of alkyl halides is 6. The summed E-state index contributed by atoms with van der Waals surface area (Å²) >= 11 is 0. The maximum Gasteiger partial charge on any atom is 0.421 e. The predicted molar refractivity (Wildman–Crippen MR) is 217 cm³/mol. The highest BCUT2D eigenvalue weighted by Crippen LogP contribution is 2.37. The van der Waals surface area contributed by atoms with Crippen molar-refractivity contribution in [3.05, 3.63) is 82.7 Å². The minimum atomic E-state index is -4.58. The molecule has 6 rings (SSSR count). The lowest BCUT2D eigenvalue weighted by molar-refractivity contribution is -0.141. The Hall–Kier alpha value is -5.24. The number of halogens is 6. The molecule has 20 heteroatoms. The summed E-state index contributed by atoms with van der Waals surface area (Å²) in [6.45, 7) is 12.8. The summed E-state index contributed by atoms with van der Waals surface area (Å²) in [4.78, 5) is 37.7.